The Kier molecular flexibility index (Phi) is 3.85. The maximum Gasteiger partial charge on any atom is 0.451 e. The molecule has 0 bridgehead atoms. The van der Waals surface area contributed by atoms with Gasteiger partial charge in [0.15, 0.2) is 0 Å². The molecule has 2 aromatic rings. The Morgan fingerprint density at radius 2 is 1.90 bits per heavy atom. The molecule has 0 amide bonds. The number of alkyl halides is 3. The lowest BCUT2D eigenvalue weighted by atomic mass is 10.2. The van der Waals surface area contributed by atoms with Crippen LogP contribution in [0.1, 0.15) is 11.4 Å². The SMILES string of the molecule is Cc1cc(Br)ccc1Nc1cc(N)nc(C(F)(F)F)n1. The first-order valence-corrected chi connectivity index (χ1v) is 6.30. The number of nitrogens with two attached hydrogens (primary N) is 1. The molecule has 0 unspecified atom stereocenters. The smallest absolute Gasteiger partial charge is 0.384 e. The van der Waals surface area contributed by atoms with Crippen LogP contribution in [0.15, 0.2) is 28.7 Å². The lowest BCUT2D eigenvalue weighted by Crippen LogP contribution is -2.13. The van der Waals surface area contributed by atoms with Gasteiger partial charge in [-0.15, -0.1) is 0 Å². The van der Waals surface area contributed by atoms with Crippen molar-refractivity contribution in [2.24, 2.45) is 0 Å². The number of hydrogen-bond acceptors (Lipinski definition) is 4. The van der Waals surface area contributed by atoms with Crippen LogP contribution >= 0.6 is 15.9 Å². The lowest BCUT2D eigenvalue weighted by molar-refractivity contribution is -0.144. The molecule has 1 aromatic carbocycles. The number of benzene rings is 1. The average molecular weight is 347 g/mol. The summed E-state index contributed by atoms with van der Waals surface area (Å²) in [5.74, 6) is -1.52. The predicted molar refractivity (Wildman–Crippen MR) is 73.6 cm³/mol. The summed E-state index contributed by atoms with van der Waals surface area (Å²) in [6, 6.07) is 6.57. The van der Waals surface area contributed by atoms with E-state index >= 15 is 0 Å². The van der Waals surface area contributed by atoms with Gasteiger partial charge in [0.05, 0.1) is 0 Å². The molecule has 0 saturated carbocycles. The van der Waals surface area contributed by atoms with Crippen molar-refractivity contribution >= 4 is 33.3 Å². The van der Waals surface area contributed by atoms with Crippen molar-refractivity contribution in [1.29, 1.82) is 0 Å². The second-order valence-corrected chi connectivity index (χ2v) is 5.00. The van der Waals surface area contributed by atoms with Gasteiger partial charge in [-0.2, -0.15) is 13.2 Å². The number of aromatic nitrogens is 2. The van der Waals surface area contributed by atoms with Crippen molar-refractivity contribution in [3.05, 3.63) is 40.1 Å². The zero-order chi connectivity index (χ0) is 14.9. The molecular weight excluding hydrogens is 337 g/mol. The summed E-state index contributed by atoms with van der Waals surface area (Å²) in [6.07, 6.45) is -4.64. The van der Waals surface area contributed by atoms with Crippen LogP contribution in [0.2, 0.25) is 0 Å². The molecule has 8 heteroatoms. The first kappa shape index (κ1) is 14.6. The molecule has 0 atom stereocenters. The fourth-order valence-corrected chi connectivity index (χ4v) is 2.04. The van der Waals surface area contributed by atoms with Gasteiger partial charge in [0.2, 0.25) is 5.82 Å². The van der Waals surface area contributed by atoms with Crippen molar-refractivity contribution in [1.82, 2.24) is 9.97 Å². The highest BCUT2D eigenvalue weighted by Crippen LogP contribution is 2.29. The highest BCUT2D eigenvalue weighted by Gasteiger charge is 2.35. The van der Waals surface area contributed by atoms with Crippen molar-refractivity contribution in [2.45, 2.75) is 13.1 Å². The van der Waals surface area contributed by atoms with E-state index in [1.165, 1.54) is 6.07 Å². The highest BCUT2D eigenvalue weighted by molar-refractivity contribution is 9.10. The molecule has 1 heterocycles. The lowest BCUT2D eigenvalue weighted by Gasteiger charge is -2.12. The van der Waals surface area contributed by atoms with Gasteiger partial charge >= 0.3 is 6.18 Å². The summed E-state index contributed by atoms with van der Waals surface area (Å²) in [4.78, 5) is 6.60. The molecular formula is C12H10BrF3N4. The third kappa shape index (κ3) is 3.38. The largest absolute Gasteiger partial charge is 0.451 e. The number of halogens is 4. The van der Waals surface area contributed by atoms with Gasteiger partial charge in [0.25, 0.3) is 0 Å². The van der Waals surface area contributed by atoms with Crippen molar-refractivity contribution in [3.63, 3.8) is 0 Å². The van der Waals surface area contributed by atoms with Crippen LogP contribution < -0.4 is 11.1 Å². The van der Waals surface area contributed by atoms with Gasteiger partial charge < -0.3 is 11.1 Å². The Labute approximate surface area is 121 Å². The molecule has 0 spiro atoms. The number of nitrogen functional groups attached to an aromatic ring is 1. The molecule has 4 nitrogen and oxygen atoms in total. The van der Waals surface area contributed by atoms with Gasteiger partial charge in [-0.05, 0) is 30.7 Å². The number of hydrogen-bond donors (Lipinski definition) is 2. The minimum Gasteiger partial charge on any atom is -0.384 e. The standard InChI is InChI=1S/C12H10BrF3N4/c1-6-4-7(13)2-3-8(6)18-10-5-9(17)19-11(20-10)12(14,15)16/h2-5H,1H3,(H3,17,18,19,20). The van der Waals surface area contributed by atoms with E-state index in [9.17, 15) is 13.2 Å². The van der Waals surface area contributed by atoms with E-state index in [4.69, 9.17) is 5.73 Å². The maximum atomic E-state index is 12.6. The molecule has 2 rings (SSSR count). The summed E-state index contributed by atoms with van der Waals surface area (Å²) >= 11 is 3.31. The van der Waals surface area contributed by atoms with Gasteiger partial charge in [0.1, 0.15) is 11.6 Å². The maximum absolute atomic E-state index is 12.6. The zero-order valence-electron chi connectivity index (χ0n) is 10.3. The highest BCUT2D eigenvalue weighted by atomic mass is 79.9. The van der Waals surface area contributed by atoms with E-state index < -0.39 is 12.0 Å². The van der Waals surface area contributed by atoms with Crippen LogP contribution in [0, 0.1) is 6.92 Å². The number of aryl methyl sites for hydroxylation is 1. The summed E-state index contributed by atoms with van der Waals surface area (Å²) < 4.78 is 38.7. The molecule has 0 aliphatic rings. The monoisotopic (exact) mass is 346 g/mol. The van der Waals surface area contributed by atoms with Crippen LogP contribution in [0.4, 0.5) is 30.5 Å². The molecule has 0 radical (unpaired) electrons. The Hall–Kier alpha value is -1.83. The van der Waals surface area contributed by atoms with E-state index in [0.29, 0.717) is 5.69 Å². The van der Waals surface area contributed by atoms with Crippen LogP contribution in [0.25, 0.3) is 0 Å². The molecule has 0 aliphatic carbocycles. The van der Waals surface area contributed by atoms with E-state index in [1.807, 2.05) is 13.0 Å². The second-order valence-electron chi connectivity index (χ2n) is 4.08. The normalized spacial score (nSPS) is 11.4. The molecule has 0 saturated heterocycles. The Morgan fingerprint density at radius 1 is 1.20 bits per heavy atom. The Bertz CT molecular complexity index is 643. The van der Waals surface area contributed by atoms with Crippen molar-refractivity contribution in [3.8, 4) is 0 Å². The van der Waals surface area contributed by atoms with Gasteiger partial charge in [-0.3, -0.25) is 0 Å². The van der Waals surface area contributed by atoms with E-state index in [-0.39, 0.29) is 11.6 Å². The zero-order valence-corrected chi connectivity index (χ0v) is 11.9. The summed E-state index contributed by atoms with van der Waals surface area (Å²) in [5, 5.41) is 2.80. The number of anilines is 3. The van der Waals surface area contributed by atoms with Gasteiger partial charge in [-0.25, -0.2) is 9.97 Å². The van der Waals surface area contributed by atoms with E-state index in [2.05, 4.69) is 31.2 Å². The summed E-state index contributed by atoms with van der Waals surface area (Å²) in [6.45, 7) is 1.82. The van der Waals surface area contributed by atoms with Gasteiger partial charge in [-0.1, -0.05) is 15.9 Å². The first-order valence-electron chi connectivity index (χ1n) is 5.50. The molecule has 0 aliphatic heterocycles. The topological polar surface area (TPSA) is 63.8 Å². The summed E-state index contributed by atoms with van der Waals surface area (Å²) in [7, 11) is 0. The number of nitrogens with one attached hydrogen (secondary N) is 1. The minimum absolute atomic E-state index is 0.00440. The predicted octanol–water partition coefficient (Wildman–Crippen LogP) is 3.89. The number of rotatable bonds is 2. The Balaban J connectivity index is 2.36. The fraction of sp³-hybridized carbons (Fsp3) is 0.167. The molecule has 0 fully saturated rings. The van der Waals surface area contributed by atoms with Crippen LogP contribution in [-0.4, -0.2) is 9.97 Å². The van der Waals surface area contributed by atoms with E-state index in [1.54, 1.807) is 12.1 Å². The minimum atomic E-state index is -4.64. The van der Waals surface area contributed by atoms with Gasteiger partial charge in [0, 0.05) is 16.2 Å². The van der Waals surface area contributed by atoms with Crippen LogP contribution in [0.5, 0.6) is 0 Å². The summed E-state index contributed by atoms with van der Waals surface area (Å²) in [5.41, 5.74) is 6.86. The molecule has 106 valence electrons. The number of nitrogens with zero attached hydrogens (tertiary/aromatic N) is 2. The molecule has 3 N–H and O–H groups in total. The third-order valence-electron chi connectivity index (χ3n) is 2.45. The molecule has 20 heavy (non-hydrogen) atoms. The van der Waals surface area contributed by atoms with Crippen LogP contribution in [0.3, 0.4) is 0 Å². The second kappa shape index (κ2) is 5.28. The molecule has 1 aromatic heterocycles. The average Bonchev–Trinajstić information content (AvgIpc) is 2.31. The first-order chi connectivity index (χ1) is 9.25. The Morgan fingerprint density at radius 3 is 2.50 bits per heavy atom. The third-order valence-corrected chi connectivity index (χ3v) is 2.94. The quantitative estimate of drug-likeness (QED) is 0.865. The van der Waals surface area contributed by atoms with Crippen LogP contribution in [-0.2, 0) is 6.18 Å². The van der Waals surface area contributed by atoms with E-state index in [0.717, 1.165) is 10.0 Å². The fourth-order valence-electron chi connectivity index (χ4n) is 1.56. The van der Waals surface area contributed by atoms with Crippen molar-refractivity contribution in [2.75, 3.05) is 11.1 Å². The van der Waals surface area contributed by atoms with Crippen molar-refractivity contribution < 1.29 is 13.2 Å².